The Labute approximate surface area is 129 Å². The van der Waals surface area contributed by atoms with Crippen molar-refractivity contribution in [1.29, 1.82) is 0 Å². The molecule has 2 amide bonds. The van der Waals surface area contributed by atoms with E-state index >= 15 is 0 Å². The number of rotatable bonds is 4. The van der Waals surface area contributed by atoms with Crippen molar-refractivity contribution in [3.63, 3.8) is 0 Å². The lowest BCUT2D eigenvalue weighted by Crippen LogP contribution is -2.41. The van der Waals surface area contributed by atoms with Crippen molar-refractivity contribution in [3.05, 3.63) is 65.2 Å². The number of ether oxygens (including phenoxy) is 1. The molecule has 0 saturated heterocycles. The van der Waals surface area contributed by atoms with Gasteiger partial charge in [-0.15, -0.1) is 0 Å². The molecule has 0 bridgehead atoms. The highest BCUT2D eigenvalue weighted by molar-refractivity contribution is 5.99. The molecular weight excluding hydrogens is 280 g/mol. The van der Waals surface area contributed by atoms with Crippen LogP contribution in [0.15, 0.2) is 48.5 Å². The van der Waals surface area contributed by atoms with E-state index in [0.29, 0.717) is 23.5 Å². The van der Waals surface area contributed by atoms with Gasteiger partial charge < -0.3 is 4.74 Å². The second-order valence-corrected chi connectivity index (χ2v) is 4.74. The quantitative estimate of drug-likeness (QED) is 0.852. The molecular formula is C17H18N2O3. The summed E-state index contributed by atoms with van der Waals surface area (Å²) in [6, 6.07) is 13.9. The Balaban J connectivity index is 1.97. The molecule has 114 valence electrons. The van der Waals surface area contributed by atoms with E-state index in [4.69, 9.17) is 4.74 Å². The monoisotopic (exact) mass is 298 g/mol. The van der Waals surface area contributed by atoms with Crippen LogP contribution in [0.5, 0.6) is 5.75 Å². The minimum Gasteiger partial charge on any atom is -0.494 e. The second-order valence-electron chi connectivity index (χ2n) is 4.74. The normalized spacial score (nSPS) is 9.91. The van der Waals surface area contributed by atoms with Gasteiger partial charge in [-0.25, -0.2) is 0 Å². The van der Waals surface area contributed by atoms with E-state index in [-0.39, 0.29) is 5.91 Å². The summed E-state index contributed by atoms with van der Waals surface area (Å²) in [5.74, 6) is -0.152. The van der Waals surface area contributed by atoms with E-state index in [1.54, 1.807) is 42.5 Å². The number of hydrogen-bond acceptors (Lipinski definition) is 3. The number of carbonyl (C=O) groups is 2. The lowest BCUT2D eigenvalue weighted by molar-refractivity contribution is 0.0846. The molecule has 0 unspecified atom stereocenters. The number of hydrazine groups is 1. The highest BCUT2D eigenvalue weighted by Gasteiger charge is 2.09. The molecule has 0 atom stereocenters. The zero-order valence-electron chi connectivity index (χ0n) is 12.6. The predicted molar refractivity (Wildman–Crippen MR) is 83.7 cm³/mol. The SMILES string of the molecule is CCOc1cccc(C(=O)NNC(=O)c2cccc(C)c2)c1. The molecule has 5 heteroatoms. The van der Waals surface area contributed by atoms with Gasteiger partial charge in [0, 0.05) is 11.1 Å². The summed E-state index contributed by atoms with van der Waals surface area (Å²) in [5, 5.41) is 0. The Hall–Kier alpha value is -2.82. The van der Waals surface area contributed by atoms with Crippen molar-refractivity contribution in [2.45, 2.75) is 13.8 Å². The van der Waals surface area contributed by atoms with Crippen molar-refractivity contribution in [1.82, 2.24) is 10.9 Å². The molecule has 5 nitrogen and oxygen atoms in total. The highest BCUT2D eigenvalue weighted by Crippen LogP contribution is 2.13. The minimum absolute atomic E-state index is 0.363. The molecule has 22 heavy (non-hydrogen) atoms. The van der Waals surface area contributed by atoms with Crippen molar-refractivity contribution in [2.75, 3.05) is 6.61 Å². The molecule has 0 spiro atoms. The van der Waals surface area contributed by atoms with Crippen LogP contribution in [0.3, 0.4) is 0 Å². The molecule has 0 heterocycles. The highest BCUT2D eigenvalue weighted by atomic mass is 16.5. The molecule has 0 radical (unpaired) electrons. The van der Waals surface area contributed by atoms with E-state index in [0.717, 1.165) is 5.56 Å². The van der Waals surface area contributed by atoms with Crippen LogP contribution in [0.25, 0.3) is 0 Å². The molecule has 0 saturated carbocycles. The third kappa shape index (κ3) is 4.09. The van der Waals surface area contributed by atoms with Gasteiger partial charge in [-0.3, -0.25) is 20.4 Å². The predicted octanol–water partition coefficient (Wildman–Crippen LogP) is 2.47. The molecule has 2 aromatic rings. The third-order valence-corrected chi connectivity index (χ3v) is 2.98. The standard InChI is InChI=1S/C17H18N2O3/c1-3-22-15-9-5-8-14(11-15)17(21)19-18-16(20)13-7-4-6-12(2)10-13/h4-11H,3H2,1-2H3,(H,18,20)(H,19,21). The smallest absolute Gasteiger partial charge is 0.269 e. The first-order chi connectivity index (χ1) is 10.6. The zero-order valence-corrected chi connectivity index (χ0v) is 12.6. The van der Waals surface area contributed by atoms with Gasteiger partial charge in [-0.05, 0) is 44.2 Å². The van der Waals surface area contributed by atoms with Crippen molar-refractivity contribution < 1.29 is 14.3 Å². The molecule has 2 aromatic carbocycles. The van der Waals surface area contributed by atoms with Crippen LogP contribution < -0.4 is 15.6 Å². The van der Waals surface area contributed by atoms with E-state index in [9.17, 15) is 9.59 Å². The van der Waals surface area contributed by atoms with Gasteiger partial charge in [0.15, 0.2) is 0 Å². The molecule has 2 N–H and O–H groups in total. The van der Waals surface area contributed by atoms with Crippen molar-refractivity contribution >= 4 is 11.8 Å². The number of nitrogens with one attached hydrogen (secondary N) is 2. The van der Waals surface area contributed by atoms with E-state index in [2.05, 4.69) is 10.9 Å². The second kappa shape index (κ2) is 7.26. The van der Waals surface area contributed by atoms with Crippen LogP contribution in [0.1, 0.15) is 33.2 Å². The summed E-state index contributed by atoms with van der Waals surface area (Å²) in [7, 11) is 0. The van der Waals surface area contributed by atoms with Crippen LogP contribution in [-0.2, 0) is 0 Å². The maximum atomic E-state index is 12.0. The van der Waals surface area contributed by atoms with Gasteiger partial charge in [0.05, 0.1) is 6.61 Å². The average Bonchev–Trinajstić information content (AvgIpc) is 2.53. The minimum atomic E-state index is -0.400. The van der Waals surface area contributed by atoms with Crippen molar-refractivity contribution in [2.24, 2.45) is 0 Å². The first kappa shape index (κ1) is 15.6. The average molecular weight is 298 g/mol. The van der Waals surface area contributed by atoms with Crippen LogP contribution in [-0.4, -0.2) is 18.4 Å². The Morgan fingerprint density at radius 2 is 1.55 bits per heavy atom. The fourth-order valence-electron chi connectivity index (χ4n) is 1.94. The summed E-state index contributed by atoms with van der Waals surface area (Å²) in [4.78, 5) is 24.0. The van der Waals surface area contributed by atoms with Crippen LogP contribution in [0.4, 0.5) is 0 Å². The zero-order chi connectivity index (χ0) is 15.9. The van der Waals surface area contributed by atoms with Crippen LogP contribution >= 0.6 is 0 Å². The first-order valence-corrected chi connectivity index (χ1v) is 7.00. The Kier molecular flexibility index (Phi) is 5.14. The van der Waals surface area contributed by atoms with E-state index in [1.807, 2.05) is 19.9 Å². The van der Waals surface area contributed by atoms with Gasteiger partial charge >= 0.3 is 0 Å². The fraction of sp³-hybridized carbons (Fsp3) is 0.176. The molecule has 0 aromatic heterocycles. The number of benzene rings is 2. The largest absolute Gasteiger partial charge is 0.494 e. The maximum Gasteiger partial charge on any atom is 0.269 e. The first-order valence-electron chi connectivity index (χ1n) is 7.00. The number of aryl methyl sites for hydroxylation is 1. The lowest BCUT2D eigenvalue weighted by atomic mass is 10.1. The van der Waals surface area contributed by atoms with Gasteiger partial charge in [0.25, 0.3) is 11.8 Å². The number of carbonyl (C=O) groups excluding carboxylic acids is 2. The van der Waals surface area contributed by atoms with E-state index < -0.39 is 5.91 Å². The third-order valence-electron chi connectivity index (χ3n) is 2.98. The lowest BCUT2D eigenvalue weighted by Gasteiger charge is -2.09. The Morgan fingerprint density at radius 1 is 0.955 bits per heavy atom. The van der Waals surface area contributed by atoms with Crippen molar-refractivity contribution in [3.8, 4) is 5.75 Å². The summed E-state index contributed by atoms with van der Waals surface area (Å²) >= 11 is 0. The molecule has 0 aliphatic carbocycles. The van der Waals surface area contributed by atoms with E-state index in [1.165, 1.54) is 0 Å². The van der Waals surface area contributed by atoms with Gasteiger partial charge in [0.2, 0.25) is 0 Å². The summed E-state index contributed by atoms with van der Waals surface area (Å²) in [6.07, 6.45) is 0. The van der Waals surface area contributed by atoms with Gasteiger partial charge in [-0.2, -0.15) is 0 Å². The van der Waals surface area contributed by atoms with Crippen LogP contribution in [0.2, 0.25) is 0 Å². The van der Waals surface area contributed by atoms with Gasteiger partial charge in [0.1, 0.15) is 5.75 Å². The summed E-state index contributed by atoms with van der Waals surface area (Å²) in [5.41, 5.74) is 6.67. The Morgan fingerprint density at radius 3 is 2.14 bits per heavy atom. The van der Waals surface area contributed by atoms with Gasteiger partial charge in [-0.1, -0.05) is 23.8 Å². The summed E-state index contributed by atoms with van der Waals surface area (Å²) in [6.45, 7) is 4.29. The topological polar surface area (TPSA) is 67.4 Å². The number of amides is 2. The molecule has 0 aliphatic heterocycles. The molecule has 2 rings (SSSR count). The molecule has 0 aliphatic rings. The Bertz CT molecular complexity index is 683. The maximum absolute atomic E-state index is 12.0. The summed E-state index contributed by atoms with van der Waals surface area (Å²) < 4.78 is 5.34. The fourth-order valence-corrected chi connectivity index (χ4v) is 1.94. The van der Waals surface area contributed by atoms with Crippen LogP contribution in [0, 0.1) is 6.92 Å². The number of hydrogen-bond donors (Lipinski definition) is 2. The molecule has 0 fully saturated rings.